The van der Waals surface area contributed by atoms with Gasteiger partial charge in [0.25, 0.3) is 5.91 Å². The molecule has 0 aliphatic carbocycles. The van der Waals surface area contributed by atoms with Crippen molar-refractivity contribution >= 4 is 49.7 Å². The van der Waals surface area contributed by atoms with Crippen molar-refractivity contribution in [2.45, 2.75) is 0 Å². The van der Waals surface area contributed by atoms with E-state index in [4.69, 9.17) is 0 Å². The number of carbonyl (C=O) groups is 1. The molecule has 0 bridgehead atoms. The van der Waals surface area contributed by atoms with E-state index in [2.05, 4.69) is 20.6 Å². The molecule has 2 aliphatic heterocycles. The van der Waals surface area contributed by atoms with E-state index in [0.717, 1.165) is 29.0 Å². The molecule has 0 radical (unpaired) electrons. The van der Waals surface area contributed by atoms with E-state index in [1.54, 1.807) is 46.1 Å². The van der Waals surface area contributed by atoms with Crippen molar-refractivity contribution in [1.29, 1.82) is 0 Å². The summed E-state index contributed by atoms with van der Waals surface area (Å²) in [6.07, 6.45) is 1.59. The summed E-state index contributed by atoms with van der Waals surface area (Å²) in [6, 6.07) is 14.8. The molecular formula is C28H21F2N5OS. The molecule has 2 N–H and O–H groups in total. The van der Waals surface area contributed by atoms with Crippen LogP contribution in [0.4, 0.5) is 20.2 Å². The zero-order chi connectivity index (χ0) is 25.1. The predicted molar refractivity (Wildman–Crippen MR) is 141 cm³/mol. The van der Waals surface area contributed by atoms with Gasteiger partial charge in [-0.15, -0.1) is 11.3 Å². The third-order valence-corrected chi connectivity index (χ3v) is 8.08. The van der Waals surface area contributed by atoms with Gasteiger partial charge in [-0.1, -0.05) is 6.07 Å². The predicted octanol–water partition coefficient (Wildman–Crippen LogP) is 5.58. The number of rotatable bonds is 4. The van der Waals surface area contributed by atoms with Gasteiger partial charge in [-0.2, -0.15) is 0 Å². The number of hydrogen-bond acceptors (Lipinski definition) is 6. The first kappa shape index (κ1) is 22.3. The normalized spacial score (nSPS) is 16.1. The molecule has 184 valence electrons. The van der Waals surface area contributed by atoms with Crippen molar-refractivity contribution in [3.63, 3.8) is 0 Å². The quantitative estimate of drug-likeness (QED) is 0.328. The van der Waals surface area contributed by atoms with E-state index in [9.17, 15) is 4.79 Å². The number of nitrogens with zero attached hydrogens (tertiary/aromatic N) is 3. The molecule has 2 saturated heterocycles. The first-order chi connectivity index (χ1) is 18.0. The summed E-state index contributed by atoms with van der Waals surface area (Å²) in [5, 5.41) is 6.81. The number of aromatic nitrogens is 2. The highest BCUT2D eigenvalue weighted by atomic mass is 32.1. The molecule has 2 aliphatic rings. The maximum atomic E-state index is 15.4. The summed E-state index contributed by atoms with van der Waals surface area (Å²) in [5.41, 5.74) is 5.45. The standard InChI is InChI=1S/C28H21F2N5OS/c29-20-7-16(27(36)35-13-28(14-35)11-31-12-28)1-3-19(20)17-8-21(30)26-22(5-6-32-24(26)9-17)34-18-2-4-25-23(10-18)33-15-37-25/h1-10,15,31H,11-14H2,(H,32,34). The van der Waals surface area contributed by atoms with Crippen LogP contribution in [-0.4, -0.2) is 47.0 Å². The number of pyridine rings is 1. The van der Waals surface area contributed by atoms with E-state index in [-0.39, 0.29) is 16.9 Å². The molecule has 4 heterocycles. The lowest BCUT2D eigenvalue weighted by Gasteiger charge is -2.56. The molecule has 1 amide bonds. The first-order valence-corrected chi connectivity index (χ1v) is 12.8. The second kappa shape index (κ2) is 8.29. The van der Waals surface area contributed by atoms with Gasteiger partial charge in [0.15, 0.2) is 0 Å². The van der Waals surface area contributed by atoms with Crippen LogP contribution >= 0.6 is 11.3 Å². The average Bonchev–Trinajstić information content (AvgIpc) is 3.30. The molecule has 9 heteroatoms. The number of carbonyl (C=O) groups excluding carboxylic acids is 1. The van der Waals surface area contributed by atoms with Crippen LogP contribution in [0.5, 0.6) is 0 Å². The fraction of sp³-hybridized carbons (Fsp3) is 0.179. The largest absolute Gasteiger partial charge is 0.355 e. The number of anilines is 2. The van der Waals surface area contributed by atoms with Crippen LogP contribution in [0.15, 0.2) is 66.3 Å². The SMILES string of the molecule is O=C(c1ccc(-c2cc(F)c3c(Nc4ccc5scnc5c4)ccnc3c2)c(F)c1)N1CC2(CNC2)C1. The van der Waals surface area contributed by atoms with Gasteiger partial charge in [-0.3, -0.25) is 9.78 Å². The van der Waals surface area contributed by atoms with Crippen molar-refractivity contribution in [3.05, 3.63) is 83.5 Å². The van der Waals surface area contributed by atoms with E-state index < -0.39 is 11.6 Å². The summed E-state index contributed by atoms with van der Waals surface area (Å²) in [5.74, 6) is -1.27. The monoisotopic (exact) mass is 513 g/mol. The topological polar surface area (TPSA) is 70.2 Å². The van der Waals surface area contributed by atoms with Crippen LogP contribution in [0.3, 0.4) is 0 Å². The zero-order valence-electron chi connectivity index (χ0n) is 19.6. The Kier molecular flexibility index (Phi) is 4.99. The number of amides is 1. The van der Waals surface area contributed by atoms with Gasteiger partial charge in [0.1, 0.15) is 11.6 Å². The van der Waals surface area contributed by atoms with Crippen LogP contribution < -0.4 is 10.6 Å². The lowest BCUT2D eigenvalue weighted by Crippen LogP contribution is -2.71. The van der Waals surface area contributed by atoms with Gasteiger partial charge >= 0.3 is 0 Å². The first-order valence-electron chi connectivity index (χ1n) is 12.0. The Bertz CT molecular complexity index is 1710. The molecule has 2 aromatic heterocycles. The van der Waals surface area contributed by atoms with Gasteiger partial charge in [0, 0.05) is 54.6 Å². The van der Waals surface area contributed by atoms with Crippen molar-refractivity contribution in [2.75, 3.05) is 31.5 Å². The van der Waals surface area contributed by atoms with E-state index >= 15 is 8.78 Å². The highest BCUT2D eigenvalue weighted by molar-refractivity contribution is 7.16. The minimum absolute atomic E-state index is 0.180. The van der Waals surface area contributed by atoms with Crippen LogP contribution in [0, 0.1) is 17.0 Å². The summed E-state index contributed by atoms with van der Waals surface area (Å²) < 4.78 is 31.7. The number of fused-ring (bicyclic) bond motifs is 2. The van der Waals surface area contributed by atoms with Crippen LogP contribution in [-0.2, 0) is 0 Å². The molecule has 7 rings (SSSR count). The summed E-state index contributed by atoms with van der Waals surface area (Å²) in [6.45, 7) is 3.23. The maximum absolute atomic E-state index is 15.4. The fourth-order valence-electron chi connectivity index (χ4n) is 5.26. The second-order valence-corrected chi connectivity index (χ2v) is 10.7. The molecule has 2 fully saturated rings. The van der Waals surface area contributed by atoms with E-state index in [0.29, 0.717) is 40.8 Å². The Labute approximate surface area is 215 Å². The van der Waals surface area contributed by atoms with E-state index in [1.807, 2.05) is 18.2 Å². The number of hydrogen-bond donors (Lipinski definition) is 2. The molecule has 0 atom stereocenters. The van der Waals surface area contributed by atoms with Crippen LogP contribution in [0.1, 0.15) is 10.4 Å². The molecule has 3 aromatic carbocycles. The number of thiazole rings is 1. The average molecular weight is 514 g/mol. The molecule has 37 heavy (non-hydrogen) atoms. The van der Waals surface area contributed by atoms with Crippen molar-refractivity contribution < 1.29 is 13.6 Å². The Morgan fingerprint density at radius 3 is 2.62 bits per heavy atom. The Morgan fingerprint density at radius 2 is 1.84 bits per heavy atom. The fourth-order valence-corrected chi connectivity index (χ4v) is 5.92. The molecule has 0 saturated carbocycles. The third-order valence-electron chi connectivity index (χ3n) is 7.27. The van der Waals surface area contributed by atoms with E-state index in [1.165, 1.54) is 18.2 Å². The third kappa shape index (κ3) is 3.73. The summed E-state index contributed by atoms with van der Waals surface area (Å²) >= 11 is 1.56. The number of nitrogens with one attached hydrogen (secondary N) is 2. The number of benzene rings is 3. The molecule has 5 aromatic rings. The highest BCUT2D eigenvalue weighted by Gasteiger charge is 2.49. The zero-order valence-corrected chi connectivity index (χ0v) is 20.4. The van der Waals surface area contributed by atoms with Gasteiger partial charge in [0.2, 0.25) is 0 Å². The number of halogens is 2. The Morgan fingerprint density at radius 1 is 0.973 bits per heavy atom. The van der Waals surface area contributed by atoms with Gasteiger partial charge in [0.05, 0.1) is 32.3 Å². The van der Waals surface area contributed by atoms with Crippen LogP contribution in [0.2, 0.25) is 0 Å². The van der Waals surface area contributed by atoms with Crippen molar-refractivity contribution in [1.82, 2.24) is 20.2 Å². The minimum Gasteiger partial charge on any atom is -0.355 e. The lowest BCUT2D eigenvalue weighted by atomic mass is 9.74. The molecule has 6 nitrogen and oxygen atoms in total. The molecular weight excluding hydrogens is 492 g/mol. The van der Waals surface area contributed by atoms with Gasteiger partial charge in [-0.25, -0.2) is 13.8 Å². The van der Waals surface area contributed by atoms with Crippen LogP contribution in [0.25, 0.3) is 32.2 Å². The molecule has 1 spiro atoms. The molecule has 0 unspecified atom stereocenters. The maximum Gasteiger partial charge on any atom is 0.253 e. The van der Waals surface area contributed by atoms with Crippen molar-refractivity contribution in [2.24, 2.45) is 5.41 Å². The van der Waals surface area contributed by atoms with Gasteiger partial charge < -0.3 is 15.5 Å². The highest BCUT2D eigenvalue weighted by Crippen LogP contribution is 2.36. The second-order valence-electron chi connectivity index (χ2n) is 9.83. The Hall–Kier alpha value is -3.95. The Balaban J connectivity index is 1.18. The minimum atomic E-state index is -0.573. The number of likely N-dealkylation sites (tertiary alicyclic amines) is 1. The van der Waals surface area contributed by atoms with Crippen molar-refractivity contribution in [3.8, 4) is 11.1 Å². The summed E-state index contributed by atoms with van der Waals surface area (Å²) in [7, 11) is 0. The lowest BCUT2D eigenvalue weighted by molar-refractivity contribution is -0.0248. The smallest absolute Gasteiger partial charge is 0.253 e. The van der Waals surface area contributed by atoms with Gasteiger partial charge in [-0.05, 0) is 54.1 Å². The summed E-state index contributed by atoms with van der Waals surface area (Å²) in [4.78, 5) is 23.2.